The molecule has 1 aromatic carbocycles. The first kappa shape index (κ1) is 11.7. The van der Waals surface area contributed by atoms with Gasteiger partial charge in [-0.2, -0.15) is 0 Å². The maximum Gasteiger partial charge on any atom is 0.0792 e. The first-order chi connectivity index (χ1) is 7.70. The average Bonchev–Trinajstić information content (AvgIpc) is 3.13. The Morgan fingerprint density at radius 2 is 1.88 bits per heavy atom. The van der Waals surface area contributed by atoms with Crippen LogP contribution in [0.4, 0.5) is 0 Å². The molecule has 88 valence electrons. The topological polar surface area (TPSA) is 20.2 Å². The normalized spacial score (nSPS) is 19.4. The summed E-state index contributed by atoms with van der Waals surface area (Å²) in [6.45, 7) is 4.37. The van der Waals surface area contributed by atoms with Gasteiger partial charge in [0.05, 0.1) is 6.10 Å². The molecule has 0 spiro atoms. The van der Waals surface area contributed by atoms with Crippen molar-refractivity contribution in [3.8, 4) is 0 Å². The standard InChI is InChI=1S/C15H22O/c1-3-11(2)10-15(16)14-8-6-13(7-9-14)12-4-5-12/h6-9,11-12,15-16H,3-5,10H2,1-2H3. The highest BCUT2D eigenvalue weighted by molar-refractivity contribution is 5.29. The molecule has 0 aliphatic heterocycles. The van der Waals surface area contributed by atoms with Crippen LogP contribution >= 0.6 is 0 Å². The van der Waals surface area contributed by atoms with Crippen LogP contribution in [0.3, 0.4) is 0 Å². The number of hydrogen-bond acceptors (Lipinski definition) is 1. The van der Waals surface area contributed by atoms with Gasteiger partial charge in [-0.3, -0.25) is 0 Å². The number of aliphatic hydroxyl groups excluding tert-OH is 1. The Kier molecular flexibility index (Phi) is 3.65. The van der Waals surface area contributed by atoms with Crippen molar-refractivity contribution in [1.29, 1.82) is 0 Å². The summed E-state index contributed by atoms with van der Waals surface area (Å²) < 4.78 is 0. The van der Waals surface area contributed by atoms with Crippen molar-refractivity contribution in [1.82, 2.24) is 0 Å². The van der Waals surface area contributed by atoms with Crippen LogP contribution in [0, 0.1) is 5.92 Å². The largest absolute Gasteiger partial charge is 0.388 e. The van der Waals surface area contributed by atoms with Gasteiger partial charge >= 0.3 is 0 Å². The molecule has 0 amide bonds. The van der Waals surface area contributed by atoms with E-state index in [9.17, 15) is 5.11 Å². The van der Waals surface area contributed by atoms with Gasteiger partial charge < -0.3 is 5.11 Å². The molecule has 1 N–H and O–H groups in total. The van der Waals surface area contributed by atoms with Crippen LogP contribution in [0.15, 0.2) is 24.3 Å². The van der Waals surface area contributed by atoms with E-state index in [-0.39, 0.29) is 6.10 Å². The van der Waals surface area contributed by atoms with Crippen molar-refractivity contribution >= 4 is 0 Å². The van der Waals surface area contributed by atoms with Gasteiger partial charge in [-0.15, -0.1) is 0 Å². The molecule has 1 saturated carbocycles. The SMILES string of the molecule is CCC(C)CC(O)c1ccc(C2CC2)cc1. The van der Waals surface area contributed by atoms with E-state index >= 15 is 0 Å². The van der Waals surface area contributed by atoms with Crippen LogP contribution in [0.2, 0.25) is 0 Å². The van der Waals surface area contributed by atoms with Gasteiger partial charge in [0.15, 0.2) is 0 Å². The molecule has 16 heavy (non-hydrogen) atoms. The van der Waals surface area contributed by atoms with Crippen molar-refractivity contribution in [3.05, 3.63) is 35.4 Å². The van der Waals surface area contributed by atoms with Gasteiger partial charge in [-0.05, 0) is 42.2 Å². The molecule has 1 nitrogen and oxygen atoms in total. The van der Waals surface area contributed by atoms with Crippen molar-refractivity contribution in [2.45, 2.75) is 51.6 Å². The van der Waals surface area contributed by atoms with Crippen LogP contribution in [0.25, 0.3) is 0 Å². The lowest BCUT2D eigenvalue weighted by atomic mass is 9.95. The molecule has 1 aliphatic carbocycles. The van der Waals surface area contributed by atoms with E-state index in [2.05, 4.69) is 38.1 Å². The highest BCUT2D eigenvalue weighted by Gasteiger charge is 2.23. The summed E-state index contributed by atoms with van der Waals surface area (Å²) in [5.74, 6) is 1.40. The van der Waals surface area contributed by atoms with Crippen molar-refractivity contribution in [2.24, 2.45) is 5.92 Å². The maximum atomic E-state index is 10.1. The molecule has 1 aromatic rings. The third-order valence-corrected chi connectivity index (χ3v) is 3.69. The van der Waals surface area contributed by atoms with Crippen molar-refractivity contribution in [3.63, 3.8) is 0 Å². The fraction of sp³-hybridized carbons (Fsp3) is 0.600. The van der Waals surface area contributed by atoms with Gasteiger partial charge in [-0.1, -0.05) is 44.5 Å². The predicted octanol–water partition coefficient (Wildman–Crippen LogP) is 4.03. The smallest absolute Gasteiger partial charge is 0.0792 e. The van der Waals surface area contributed by atoms with E-state index in [1.54, 1.807) is 0 Å². The average molecular weight is 218 g/mol. The van der Waals surface area contributed by atoms with Gasteiger partial charge in [0.25, 0.3) is 0 Å². The Morgan fingerprint density at radius 3 is 2.38 bits per heavy atom. The van der Waals surface area contributed by atoms with E-state index in [0.29, 0.717) is 5.92 Å². The first-order valence-electron chi connectivity index (χ1n) is 6.48. The molecule has 0 aromatic heterocycles. The second-order valence-electron chi connectivity index (χ2n) is 5.21. The van der Waals surface area contributed by atoms with Gasteiger partial charge in [-0.25, -0.2) is 0 Å². The third kappa shape index (κ3) is 2.85. The molecule has 2 rings (SSSR count). The molecular formula is C15H22O. The quantitative estimate of drug-likeness (QED) is 0.791. The van der Waals surface area contributed by atoms with E-state index < -0.39 is 0 Å². The first-order valence-corrected chi connectivity index (χ1v) is 6.48. The third-order valence-electron chi connectivity index (χ3n) is 3.69. The second-order valence-corrected chi connectivity index (χ2v) is 5.21. The van der Waals surface area contributed by atoms with Crippen LogP contribution in [0.1, 0.15) is 62.7 Å². The summed E-state index contributed by atoms with van der Waals surface area (Å²) in [6.07, 6.45) is 4.41. The maximum absolute atomic E-state index is 10.1. The van der Waals surface area contributed by atoms with Crippen LogP contribution in [-0.2, 0) is 0 Å². The highest BCUT2D eigenvalue weighted by Crippen LogP contribution is 2.40. The Bertz CT molecular complexity index is 324. The zero-order valence-electron chi connectivity index (χ0n) is 10.3. The minimum Gasteiger partial charge on any atom is -0.388 e. The fourth-order valence-electron chi connectivity index (χ4n) is 2.09. The molecule has 1 fully saturated rings. The fourth-order valence-corrected chi connectivity index (χ4v) is 2.09. The Balaban J connectivity index is 1.97. The van der Waals surface area contributed by atoms with Crippen molar-refractivity contribution < 1.29 is 5.11 Å². The van der Waals surface area contributed by atoms with Crippen LogP contribution in [0.5, 0.6) is 0 Å². The Hall–Kier alpha value is -0.820. The van der Waals surface area contributed by atoms with Crippen molar-refractivity contribution in [2.75, 3.05) is 0 Å². The van der Waals surface area contributed by atoms with Gasteiger partial charge in [0.1, 0.15) is 0 Å². The Labute approximate surface area is 98.5 Å². The van der Waals surface area contributed by atoms with Gasteiger partial charge in [0.2, 0.25) is 0 Å². The number of benzene rings is 1. The lowest BCUT2D eigenvalue weighted by Crippen LogP contribution is -2.03. The molecule has 0 radical (unpaired) electrons. The Morgan fingerprint density at radius 1 is 1.25 bits per heavy atom. The molecule has 1 heteroatoms. The van der Waals surface area contributed by atoms with E-state index in [0.717, 1.165) is 24.3 Å². The number of hydrogen-bond donors (Lipinski definition) is 1. The summed E-state index contributed by atoms with van der Waals surface area (Å²) in [5.41, 5.74) is 2.52. The zero-order valence-corrected chi connectivity index (χ0v) is 10.3. The van der Waals surface area contributed by atoms with Crippen LogP contribution < -0.4 is 0 Å². The number of rotatable bonds is 5. The summed E-state index contributed by atoms with van der Waals surface area (Å²) in [6, 6.07) is 8.57. The summed E-state index contributed by atoms with van der Waals surface area (Å²) >= 11 is 0. The van der Waals surface area contributed by atoms with E-state index in [1.165, 1.54) is 18.4 Å². The minimum atomic E-state index is -0.289. The van der Waals surface area contributed by atoms with E-state index in [1.807, 2.05) is 0 Å². The molecule has 0 heterocycles. The molecule has 0 saturated heterocycles. The lowest BCUT2D eigenvalue weighted by molar-refractivity contribution is 0.146. The lowest BCUT2D eigenvalue weighted by Gasteiger charge is -2.15. The summed E-state index contributed by atoms with van der Waals surface area (Å²) in [7, 11) is 0. The summed E-state index contributed by atoms with van der Waals surface area (Å²) in [5, 5.41) is 10.1. The molecule has 2 unspecified atom stereocenters. The van der Waals surface area contributed by atoms with Crippen LogP contribution in [-0.4, -0.2) is 5.11 Å². The van der Waals surface area contributed by atoms with E-state index in [4.69, 9.17) is 0 Å². The zero-order chi connectivity index (χ0) is 11.5. The summed E-state index contributed by atoms with van der Waals surface area (Å²) in [4.78, 5) is 0. The monoisotopic (exact) mass is 218 g/mol. The highest BCUT2D eigenvalue weighted by atomic mass is 16.3. The molecule has 1 aliphatic rings. The number of aliphatic hydroxyl groups is 1. The molecular weight excluding hydrogens is 196 g/mol. The molecule has 2 atom stereocenters. The van der Waals surface area contributed by atoms with Gasteiger partial charge in [0, 0.05) is 0 Å². The molecule has 0 bridgehead atoms. The minimum absolute atomic E-state index is 0.289. The predicted molar refractivity (Wildman–Crippen MR) is 67.4 cm³/mol. The second kappa shape index (κ2) is 5.01.